The van der Waals surface area contributed by atoms with Crippen LogP contribution in [0.2, 0.25) is 0 Å². The van der Waals surface area contributed by atoms with Gasteiger partial charge in [-0.15, -0.1) is 0 Å². The van der Waals surface area contributed by atoms with Crippen molar-refractivity contribution < 1.29 is 19.3 Å². The molecule has 1 N–H and O–H groups in total. The summed E-state index contributed by atoms with van der Waals surface area (Å²) in [6, 6.07) is 3.47. The number of benzene rings is 1. The van der Waals surface area contributed by atoms with Gasteiger partial charge in [-0.05, 0) is 30.2 Å². The number of fused-ring (bicyclic) bond motifs is 1. The highest BCUT2D eigenvalue weighted by molar-refractivity contribution is 5.56. The first-order chi connectivity index (χ1) is 7.63. The average Bonchev–Trinajstić information content (AvgIpc) is 2.74. The van der Waals surface area contributed by atoms with Gasteiger partial charge in [-0.3, -0.25) is 0 Å². The van der Waals surface area contributed by atoms with Crippen LogP contribution in [-0.4, -0.2) is 19.0 Å². The molecule has 0 saturated carbocycles. The maximum absolute atomic E-state index is 9.90. The number of hydrogen-bond donors (Lipinski definition) is 1. The molecule has 1 heterocycles. The summed E-state index contributed by atoms with van der Waals surface area (Å²) in [5.41, 5.74) is 1.36. The van der Waals surface area contributed by atoms with E-state index in [1.807, 2.05) is 0 Å². The van der Waals surface area contributed by atoms with Gasteiger partial charge >= 0.3 is 0 Å². The molecule has 2 rings (SSSR count). The zero-order valence-corrected chi connectivity index (χ0v) is 9.32. The number of rotatable bonds is 3. The Morgan fingerprint density at radius 2 is 2.25 bits per heavy atom. The fourth-order valence-corrected chi connectivity index (χ4v) is 1.59. The predicted molar refractivity (Wildman–Crippen MR) is 58.9 cm³/mol. The predicted octanol–water partition coefficient (Wildman–Crippen LogP) is 2.03. The van der Waals surface area contributed by atoms with E-state index in [9.17, 15) is 5.11 Å². The second kappa shape index (κ2) is 4.06. The summed E-state index contributed by atoms with van der Waals surface area (Å²) in [6.45, 7) is 5.66. The molecule has 0 fully saturated rings. The van der Waals surface area contributed by atoms with Crippen LogP contribution in [0.15, 0.2) is 24.3 Å². The summed E-state index contributed by atoms with van der Waals surface area (Å²) in [4.78, 5) is 0. The van der Waals surface area contributed by atoms with Crippen molar-refractivity contribution >= 4 is 0 Å². The lowest BCUT2D eigenvalue weighted by molar-refractivity contribution is 0.171. The largest absolute Gasteiger partial charge is 0.493 e. The molecule has 0 saturated heterocycles. The third-order valence-electron chi connectivity index (χ3n) is 2.46. The topological polar surface area (TPSA) is 47.9 Å². The van der Waals surface area contributed by atoms with E-state index >= 15 is 0 Å². The van der Waals surface area contributed by atoms with Crippen molar-refractivity contribution in [2.24, 2.45) is 0 Å². The van der Waals surface area contributed by atoms with Crippen molar-refractivity contribution in [1.82, 2.24) is 0 Å². The summed E-state index contributed by atoms with van der Waals surface area (Å²) in [6.07, 6.45) is -0.719. The summed E-state index contributed by atoms with van der Waals surface area (Å²) >= 11 is 0. The molecule has 0 amide bonds. The minimum atomic E-state index is -0.719. The first kappa shape index (κ1) is 10.8. The van der Waals surface area contributed by atoms with Crippen LogP contribution in [0.25, 0.3) is 0 Å². The van der Waals surface area contributed by atoms with E-state index in [0.717, 1.165) is 0 Å². The zero-order chi connectivity index (χ0) is 11.7. The molecule has 1 aromatic rings. The highest BCUT2D eigenvalue weighted by Gasteiger charge is 2.22. The van der Waals surface area contributed by atoms with Crippen molar-refractivity contribution in [1.29, 1.82) is 0 Å². The Hall–Kier alpha value is -1.68. The Morgan fingerprint density at radius 3 is 2.88 bits per heavy atom. The van der Waals surface area contributed by atoms with Gasteiger partial charge in [0.2, 0.25) is 12.5 Å². The van der Waals surface area contributed by atoms with Crippen LogP contribution in [0, 0.1) is 0 Å². The Morgan fingerprint density at radius 1 is 1.50 bits per heavy atom. The lowest BCUT2D eigenvalue weighted by Crippen LogP contribution is -1.99. The van der Waals surface area contributed by atoms with Crippen LogP contribution in [0.1, 0.15) is 18.6 Å². The number of methoxy groups -OCH3 is 1. The van der Waals surface area contributed by atoms with Gasteiger partial charge in [0.1, 0.15) is 0 Å². The summed E-state index contributed by atoms with van der Waals surface area (Å²) < 4.78 is 15.7. The van der Waals surface area contributed by atoms with Gasteiger partial charge in [-0.25, -0.2) is 0 Å². The zero-order valence-electron chi connectivity index (χ0n) is 9.32. The first-order valence-electron chi connectivity index (χ1n) is 4.94. The van der Waals surface area contributed by atoms with E-state index in [4.69, 9.17) is 14.2 Å². The second-order valence-corrected chi connectivity index (χ2v) is 3.71. The van der Waals surface area contributed by atoms with Crippen molar-refractivity contribution in [3.63, 3.8) is 0 Å². The molecule has 1 aromatic carbocycles. The van der Waals surface area contributed by atoms with Crippen molar-refractivity contribution in [3.05, 3.63) is 29.8 Å². The Balaban J connectivity index is 2.45. The highest BCUT2D eigenvalue weighted by atomic mass is 16.7. The highest BCUT2D eigenvalue weighted by Crippen LogP contribution is 2.43. The SMILES string of the molecule is C=C(C)C(O)c1cc(OC)c2c(c1)OCO2. The van der Waals surface area contributed by atoms with Gasteiger partial charge in [-0.1, -0.05) is 6.58 Å². The van der Waals surface area contributed by atoms with Crippen molar-refractivity contribution in [2.75, 3.05) is 13.9 Å². The van der Waals surface area contributed by atoms with E-state index in [-0.39, 0.29) is 6.79 Å². The standard InChI is InChI=1S/C12H14O4/c1-7(2)11(13)8-4-9(14-3)12-10(5-8)15-6-16-12/h4-5,11,13H,1,6H2,2-3H3. The maximum Gasteiger partial charge on any atom is 0.231 e. The van der Waals surface area contributed by atoms with Gasteiger partial charge in [0.25, 0.3) is 0 Å². The lowest BCUT2D eigenvalue weighted by Gasteiger charge is -2.13. The second-order valence-electron chi connectivity index (χ2n) is 3.71. The van der Waals surface area contributed by atoms with Crippen molar-refractivity contribution in [3.8, 4) is 17.2 Å². The van der Waals surface area contributed by atoms with Gasteiger partial charge < -0.3 is 19.3 Å². The van der Waals surface area contributed by atoms with Crippen LogP contribution in [0.5, 0.6) is 17.2 Å². The fraction of sp³-hybridized carbons (Fsp3) is 0.333. The Labute approximate surface area is 94.1 Å². The molecule has 0 aromatic heterocycles. The molecule has 0 aliphatic carbocycles. The number of aliphatic hydroxyl groups is 1. The molecule has 1 unspecified atom stereocenters. The third-order valence-corrected chi connectivity index (χ3v) is 2.46. The van der Waals surface area contributed by atoms with E-state index in [1.54, 1.807) is 26.2 Å². The molecule has 4 nitrogen and oxygen atoms in total. The van der Waals surface area contributed by atoms with Crippen LogP contribution in [0.4, 0.5) is 0 Å². The molecule has 86 valence electrons. The van der Waals surface area contributed by atoms with E-state index < -0.39 is 6.10 Å². The quantitative estimate of drug-likeness (QED) is 0.795. The Kier molecular flexibility index (Phi) is 2.75. The molecule has 1 atom stereocenters. The molecule has 0 bridgehead atoms. The molecule has 16 heavy (non-hydrogen) atoms. The summed E-state index contributed by atoms with van der Waals surface area (Å²) in [7, 11) is 1.55. The fourth-order valence-electron chi connectivity index (χ4n) is 1.59. The van der Waals surface area contributed by atoms with Crippen LogP contribution in [0.3, 0.4) is 0 Å². The van der Waals surface area contributed by atoms with E-state index in [2.05, 4.69) is 6.58 Å². The number of hydrogen-bond acceptors (Lipinski definition) is 4. The van der Waals surface area contributed by atoms with Crippen LogP contribution >= 0.6 is 0 Å². The van der Waals surface area contributed by atoms with Crippen LogP contribution < -0.4 is 14.2 Å². The van der Waals surface area contributed by atoms with Gasteiger partial charge in [0.15, 0.2) is 11.5 Å². The van der Waals surface area contributed by atoms with E-state index in [1.165, 1.54) is 0 Å². The normalized spacial score (nSPS) is 14.7. The third kappa shape index (κ3) is 1.72. The molecule has 4 heteroatoms. The smallest absolute Gasteiger partial charge is 0.231 e. The van der Waals surface area contributed by atoms with Crippen molar-refractivity contribution in [2.45, 2.75) is 13.0 Å². The minimum absolute atomic E-state index is 0.179. The minimum Gasteiger partial charge on any atom is -0.493 e. The van der Waals surface area contributed by atoms with E-state index in [0.29, 0.717) is 28.4 Å². The van der Waals surface area contributed by atoms with Gasteiger partial charge in [-0.2, -0.15) is 0 Å². The molecule has 1 aliphatic rings. The van der Waals surface area contributed by atoms with Crippen LogP contribution in [-0.2, 0) is 0 Å². The van der Waals surface area contributed by atoms with Gasteiger partial charge in [0, 0.05) is 0 Å². The lowest BCUT2D eigenvalue weighted by atomic mass is 10.0. The molecular weight excluding hydrogens is 208 g/mol. The monoisotopic (exact) mass is 222 g/mol. The first-order valence-corrected chi connectivity index (χ1v) is 4.94. The summed E-state index contributed by atoms with van der Waals surface area (Å²) in [5, 5.41) is 9.90. The molecule has 0 spiro atoms. The number of aliphatic hydroxyl groups excluding tert-OH is 1. The number of ether oxygens (including phenoxy) is 3. The Bertz CT molecular complexity index is 425. The molecule has 0 radical (unpaired) electrons. The maximum atomic E-state index is 9.90. The van der Waals surface area contributed by atoms with Gasteiger partial charge in [0.05, 0.1) is 13.2 Å². The average molecular weight is 222 g/mol. The molecular formula is C12H14O4. The molecule has 1 aliphatic heterocycles. The summed E-state index contributed by atoms with van der Waals surface area (Å²) in [5.74, 6) is 1.74.